The zero-order valence-corrected chi connectivity index (χ0v) is 20.0. The molecule has 0 fully saturated rings. The molecule has 1 atom stereocenters. The lowest BCUT2D eigenvalue weighted by Gasteiger charge is -2.22. The van der Waals surface area contributed by atoms with Crippen molar-refractivity contribution in [2.45, 2.75) is 36.1 Å². The second-order valence-electron chi connectivity index (χ2n) is 7.51. The molecule has 2 aromatic carbocycles. The second-order valence-corrected chi connectivity index (χ2v) is 10.7. The van der Waals surface area contributed by atoms with Gasteiger partial charge in [-0.3, -0.25) is 9.59 Å². The highest BCUT2D eigenvalue weighted by molar-refractivity contribution is 9.10. The van der Waals surface area contributed by atoms with Crippen LogP contribution in [0.1, 0.15) is 31.1 Å². The third kappa shape index (κ3) is 4.97. The molecule has 166 valence electrons. The summed E-state index contributed by atoms with van der Waals surface area (Å²) in [4.78, 5) is 23.5. The monoisotopic (exact) mass is 531 g/mol. The lowest BCUT2D eigenvalue weighted by Crippen LogP contribution is -2.34. The summed E-state index contributed by atoms with van der Waals surface area (Å²) in [6, 6.07) is 9.85. The zero-order valence-electron chi connectivity index (χ0n) is 16.8. The Bertz CT molecular complexity index is 1130. The molecule has 0 radical (unpaired) electrons. The lowest BCUT2D eigenvalue weighted by atomic mass is 10.1. The number of ketones is 1. The van der Waals surface area contributed by atoms with Gasteiger partial charge in [0.1, 0.15) is 5.60 Å². The SMILES string of the molecule is CC(C)(C)OC(=O)C(Br)C(=O)c1ccccc1S(=O)(=O)N(Cl)c1ccc2c(c1)OCO2. The van der Waals surface area contributed by atoms with E-state index >= 15 is 0 Å². The Balaban J connectivity index is 1.94. The molecule has 3 rings (SSSR count). The van der Waals surface area contributed by atoms with Gasteiger partial charge in [0.25, 0.3) is 10.0 Å². The first kappa shape index (κ1) is 23.4. The Morgan fingerprint density at radius 3 is 2.45 bits per heavy atom. The molecular formula is C20H19BrClNO7S. The first-order chi connectivity index (χ1) is 14.4. The van der Waals surface area contributed by atoms with Gasteiger partial charge >= 0.3 is 5.97 Å². The fraction of sp³-hybridized carbons (Fsp3) is 0.300. The summed E-state index contributed by atoms with van der Waals surface area (Å²) in [5.41, 5.74) is -0.932. The number of ether oxygens (including phenoxy) is 3. The van der Waals surface area contributed by atoms with Crippen LogP contribution < -0.4 is 13.3 Å². The number of benzene rings is 2. The van der Waals surface area contributed by atoms with E-state index < -0.39 is 32.2 Å². The Morgan fingerprint density at radius 1 is 1.13 bits per heavy atom. The van der Waals surface area contributed by atoms with Gasteiger partial charge in [-0.05, 0) is 45.0 Å². The number of halogens is 2. The molecule has 11 heteroatoms. The molecule has 0 aromatic heterocycles. The predicted octanol–water partition coefficient (Wildman–Crippen LogP) is 4.05. The van der Waals surface area contributed by atoms with Crippen LogP contribution in [0.5, 0.6) is 11.5 Å². The van der Waals surface area contributed by atoms with Crippen molar-refractivity contribution in [2.24, 2.45) is 0 Å². The van der Waals surface area contributed by atoms with Gasteiger partial charge in [-0.1, -0.05) is 28.1 Å². The number of carbonyl (C=O) groups is 2. The van der Waals surface area contributed by atoms with Crippen molar-refractivity contribution in [2.75, 3.05) is 10.6 Å². The van der Waals surface area contributed by atoms with Crippen LogP contribution in [0.25, 0.3) is 0 Å². The third-order valence-electron chi connectivity index (χ3n) is 4.04. The molecule has 0 N–H and O–H groups in total. The van der Waals surface area contributed by atoms with Crippen molar-refractivity contribution < 1.29 is 32.2 Å². The number of nitrogens with zero attached hydrogens (tertiary/aromatic N) is 1. The fourth-order valence-corrected chi connectivity index (χ4v) is 4.64. The number of anilines is 1. The van der Waals surface area contributed by atoms with Crippen LogP contribution in [0, 0.1) is 0 Å². The molecule has 1 heterocycles. The molecule has 0 spiro atoms. The molecule has 1 aliphatic rings. The van der Waals surface area contributed by atoms with Crippen molar-refractivity contribution in [3.05, 3.63) is 48.0 Å². The smallest absolute Gasteiger partial charge is 0.328 e. The summed E-state index contributed by atoms with van der Waals surface area (Å²) in [5, 5.41) is 0. The number of fused-ring (bicyclic) bond motifs is 1. The Labute approximate surface area is 193 Å². The average Bonchev–Trinajstić information content (AvgIpc) is 3.18. The Morgan fingerprint density at radius 2 is 1.77 bits per heavy atom. The topological polar surface area (TPSA) is 99.2 Å². The lowest BCUT2D eigenvalue weighted by molar-refractivity contribution is -0.152. The van der Waals surface area contributed by atoms with Crippen molar-refractivity contribution in [1.29, 1.82) is 0 Å². The van der Waals surface area contributed by atoms with Crippen molar-refractivity contribution in [1.82, 2.24) is 0 Å². The summed E-state index contributed by atoms with van der Waals surface area (Å²) in [6.45, 7) is 4.99. The zero-order chi connectivity index (χ0) is 23.0. The van der Waals surface area contributed by atoms with E-state index in [1.165, 1.54) is 42.5 Å². The van der Waals surface area contributed by atoms with Crippen LogP contribution in [0.3, 0.4) is 0 Å². The largest absolute Gasteiger partial charge is 0.459 e. The van der Waals surface area contributed by atoms with E-state index in [2.05, 4.69) is 15.9 Å². The summed E-state index contributed by atoms with van der Waals surface area (Å²) >= 11 is 9.19. The van der Waals surface area contributed by atoms with Gasteiger partial charge < -0.3 is 14.2 Å². The minimum Gasteiger partial charge on any atom is -0.459 e. The number of sulfonamides is 1. The number of carbonyl (C=O) groups excluding carboxylic acids is 2. The van der Waals surface area contributed by atoms with Gasteiger partial charge in [0, 0.05) is 23.4 Å². The van der Waals surface area contributed by atoms with E-state index in [1.807, 2.05) is 0 Å². The Hall–Kier alpha value is -2.30. The summed E-state index contributed by atoms with van der Waals surface area (Å²) in [5.74, 6) is -0.804. The molecule has 0 bridgehead atoms. The number of Topliss-reactive ketones (excluding diaryl/α,β-unsaturated/α-hetero) is 1. The average molecular weight is 533 g/mol. The van der Waals surface area contributed by atoms with Crippen LogP contribution >= 0.6 is 27.7 Å². The molecule has 0 saturated heterocycles. The van der Waals surface area contributed by atoms with Crippen LogP contribution in [0.2, 0.25) is 0 Å². The molecule has 0 amide bonds. The standard InChI is InChI=1S/C20H19BrClNO7S/c1-20(2,3)30-19(25)17(21)18(24)13-6-4-5-7-16(13)31(26,27)23(22)12-8-9-14-15(10-12)29-11-28-14/h4-10,17H,11H2,1-3H3. The maximum Gasteiger partial charge on any atom is 0.328 e. The highest BCUT2D eigenvalue weighted by Crippen LogP contribution is 2.38. The number of hydrogen-bond donors (Lipinski definition) is 0. The van der Waals surface area contributed by atoms with E-state index in [0.29, 0.717) is 15.3 Å². The third-order valence-corrected chi connectivity index (χ3v) is 7.12. The fourth-order valence-electron chi connectivity index (χ4n) is 2.71. The number of esters is 1. The summed E-state index contributed by atoms with van der Waals surface area (Å²) in [6.07, 6.45) is 0. The van der Waals surface area contributed by atoms with Crippen molar-refractivity contribution in [3.8, 4) is 11.5 Å². The number of rotatable bonds is 6. The van der Waals surface area contributed by atoms with Crippen LogP contribution in [-0.2, 0) is 19.6 Å². The van der Waals surface area contributed by atoms with Gasteiger partial charge in [0.05, 0.1) is 10.6 Å². The maximum atomic E-state index is 13.2. The first-order valence-corrected chi connectivity index (χ1v) is 11.7. The minimum atomic E-state index is -4.37. The highest BCUT2D eigenvalue weighted by atomic mass is 79.9. The molecule has 1 unspecified atom stereocenters. The minimum absolute atomic E-state index is 0.0163. The van der Waals surface area contributed by atoms with Gasteiger partial charge in [0.2, 0.25) is 6.79 Å². The van der Waals surface area contributed by atoms with Gasteiger partial charge in [-0.25, -0.2) is 0 Å². The molecular weight excluding hydrogens is 514 g/mol. The van der Waals surface area contributed by atoms with Gasteiger partial charge in [-0.15, -0.1) is 0 Å². The molecule has 1 aliphatic heterocycles. The van der Waals surface area contributed by atoms with Crippen molar-refractivity contribution in [3.63, 3.8) is 0 Å². The number of hydrogen-bond acceptors (Lipinski definition) is 7. The first-order valence-electron chi connectivity index (χ1n) is 9.03. The van der Waals surface area contributed by atoms with Gasteiger partial charge in [-0.2, -0.15) is 12.2 Å². The molecule has 2 aromatic rings. The van der Waals surface area contributed by atoms with Crippen LogP contribution in [-0.4, -0.2) is 37.4 Å². The molecule has 0 aliphatic carbocycles. The van der Waals surface area contributed by atoms with Gasteiger partial charge in [0.15, 0.2) is 22.1 Å². The van der Waals surface area contributed by atoms with E-state index in [0.717, 1.165) is 0 Å². The molecule has 31 heavy (non-hydrogen) atoms. The van der Waals surface area contributed by atoms with Crippen molar-refractivity contribution >= 4 is 55.2 Å². The Kier molecular flexibility index (Phi) is 6.54. The summed E-state index contributed by atoms with van der Waals surface area (Å²) in [7, 11) is -4.37. The molecule has 8 nitrogen and oxygen atoms in total. The van der Waals surface area contributed by atoms with Crippen LogP contribution in [0.15, 0.2) is 47.4 Å². The van der Waals surface area contributed by atoms with E-state index in [9.17, 15) is 18.0 Å². The summed E-state index contributed by atoms with van der Waals surface area (Å²) < 4.78 is 42.6. The van der Waals surface area contributed by atoms with E-state index in [1.54, 1.807) is 20.8 Å². The van der Waals surface area contributed by atoms with Crippen LogP contribution in [0.4, 0.5) is 5.69 Å². The predicted molar refractivity (Wildman–Crippen MR) is 117 cm³/mol. The van der Waals surface area contributed by atoms with E-state index in [4.69, 9.17) is 26.0 Å². The molecule has 0 saturated carbocycles. The normalized spacial score (nSPS) is 14.1. The maximum absolute atomic E-state index is 13.2. The van der Waals surface area contributed by atoms with E-state index in [-0.39, 0.29) is 22.9 Å². The quantitative estimate of drug-likeness (QED) is 0.182. The number of alkyl halides is 1. The second kappa shape index (κ2) is 8.68. The highest BCUT2D eigenvalue weighted by Gasteiger charge is 2.35.